The van der Waals surface area contributed by atoms with Gasteiger partial charge in [-0.15, -0.1) is 0 Å². The molecule has 3 N–H and O–H groups in total. The number of carbonyl (C=O) groups excluding carboxylic acids is 1. The molecule has 0 spiro atoms. The number of phenols is 1. The lowest BCUT2D eigenvalue weighted by molar-refractivity contribution is 0.0706. The number of hydrogen-bond acceptors (Lipinski definition) is 5. The van der Waals surface area contributed by atoms with Gasteiger partial charge in [0.1, 0.15) is 0 Å². The zero-order chi connectivity index (χ0) is 15.2. The number of amides is 1. The van der Waals surface area contributed by atoms with E-state index >= 15 is 0 Å². The van der Waals surface area contributed by atoms with E-state index in [0.717, 1.165) is 19.4 Å². The number of hydrogen-bond donors (Lipinski definition) is 3. The third kappa shape index (κ3) is 3.86. The van der Waals surface area contributed by atoms with Crippen LogP contribution in [0.5, 0.6) is 11.5 Å². The van der Waals surface area contributed by atoms with Crippen molar-refractivity contribution in [3.05, 3.63) is 23.8 Å². The Hall–Kier alpha value is -1.79. The second-order valence-electron chi connectivity index (χ2n) is 5.15. The molecule has 1 unspecified atom stereocenters. The molecule has 1 atom stereocenters. The maximum atomic E-state index is 12.5. The molecule has 0 aliphatic carbocycles. The maximum Gasteiger partial charge on any atom is 0.254 e. The van der Waals surface area contributed by atoms with Gasteiger partial charge in [-0.1, -0.05) is 0 Å². The first-order valence-corrected chi connectivity index (χ1v) is 7.16. The number of rotatable bonds is 6. The van der Waals surface area contributed by atoms with E-state index in [-0.39, 0.29) is 30.9 Å². The maximum absolute atomic E-state index is 12.5. The van der Waals surface area contributed by atoms with Crippen molar-refractivity contribution in [1.82, 2.24) is 10.2 Å². The van der Waals surface area contributed by atoms with Crippen LogP contribution in [0.1, 0.15) is 23.2 Å². The fourth-order valence-electron chi connectivity index (χ4n) is 2.58. The Labute approximate surface area is 124 Å². The van der Waals surface area contributed by atoms with Crippen LogP contribution in [0.3, 0.4) is 0 Å². The average molecular weight is 294 g/mol. The monoisotopic (exact) mass is 294 g/mol. The first-order valence-electron chi connectivity index (χ1n) is 7.16. The predicted octanol–water partition coefficient (Wildman–Crippen LogP) is 0.587. The van der Waals surface area contributed by atoms with Gasteiger partial charge in [0.05, 0.1) is 13.7 Å². The number of aromatic hydroxyl groups is 1. The molecule has 1 heterocycles. The minimum absolute atomic E-state index is 0.0636. The van der Waals surface area contributed by atoms with Gasteiger partial charge in [-0.05, 0) is 37.6 Å². The number of methoxy groups -OCH3 is 1. The van der Waals surface area contributed by atoms with Crippen LogP contribution in [0, 0.1) is 0 Å². The molecule has 1 aromatic carbocycles. The number of ether oxygens (including phenoxy) is 1. The minimum Gasteiger partial charge on any atom is -0.504 e. The molecule has 1 amide bonds. The van der Waals surface area contributed by atoms with Crippen LogP contribution < -0.4 is 10.1 Å². The lowest BCUT2D eigenvalue weighted by atomic mass is 10.1. The first-order chi connectivity index (χ1) is 10.2. The standard InChI is InChI=1S/C15H22N2O4/c1-21-14-5-4-11(9-13(14)19)15(20)17(7-8-18)10-12-3-2-6-16-12/h4-5,9,12,16,18-19H,2-3,6-8,10H2,1H3. The fourth-order valence-corrected chi connectivity index (χ4v) is 2.58. The van der Waals surface area contributed by atoms with Crippen molar-refractivity contribution < 1.29 is 19.7 Å². The van der Waals surface area contributed by atoms with E-state index in [4.69, 9.17) is 9.84 Å². The Morgan fingerprint density at radius 2 is 2.33 bits per heavy atom. The summed E-state index contributed by atoms with van der Waals surface area (Å²) < 4.78 is 4.97. The number of benzene rings is 1. The van der Waals surface area contributed by atoms with Crippen molar-refractivity contribution in [2.24, 2.45) is 0 Å². The van der Waals surface area contributed by atoms with Gasteiger partial charge in [0.15, 0.2) is 11.5 Å². The number of carbonyl (C=O) groups is 1. The Bertz CT molecular complexity index is 487. The smallest absolute Gasteiger partial charge is 0.254 e. The van der Waals surface area contributed by atoms with Crippen molar-refractivity contribution >= 4 is 5.91 Å². The van der Waals surface area contributed by atoms with Gasteiger partial charge < -0.3 is 25.2 Å². The van der Waals surface area contributed by atoms with E-state index < -0.39 is 0 Å². The van der Waals surface area contributed by atoms with Crippen molar-refractivity contribution in [3.8, 4) is 11.5 Å². The second kappa shape index (κ2) is 7.28. The van der Waals surface area contributed by atoms with Crippen LogP contribution in [0.25, 0.3) is 0 Å². The number of aliphatic hydroxyl groups excluding tert-OH is 1. The second-order valence-corrected chi connectivity index (χ2v) is 5.15. The highest BCUT2D eigenvalue weighted by Crippen LogP contribution is 2.26. The molecule has 6 heteroatoms. The van der Waals surface area contributed by atoms with Crippen molar-refractivity contribution in [2.75, 3.05) is 33.4 Å². The lowest BCUT2D eigenvalue weighted by Gasteiger charge is -2.25. The van der Waals surface area contributed by atoms with Crippen LogP contribution in [-0.4, -0.2) is 60.4 Å². The summed E-state index contributed by atoms with van der Waals surface area (Å²) in [7, 11) is 1.46. The van der Waals surface area contributed by atoms with Crippen LogP contribution >= 0.6 is 0 Å². The van der Waals surface area contributed by atoms with E-state index in [1.54, 1.807) is 17.0 Å². The van der Waals surface area contributed by atoms with Gasteiger partial charge in [-0.2, -0.15) is 0 Å². The summed E-state index contributed by atoms with van der Waals surface area (Å²) in [4.78, 5) is 14.1. The molecule has 21 heavy (non-hydrogen) atoms. The topological polar surface area (TPSA) is 82.0 Å². The van der Waals surface area contributed by atoms with Gasteiger partial charge in [-0.3, -0.25) is 4.79 Å². The molecule has 0 bridgehead atoms. The fraction of sp³-hybridized carbons (Fsp3) is 0.533. The molecule has 1 aromatic rings. The highest BCUT2D eigenvalue weighted by atomic mass is 16.5. The van der Waals surface area contributed by atoms with Gasteiger partial charge in [-0.25, -0.2) is 0 Å². The SMILES string of the molecule is COc1ccc(C(=O)N(CCO)CC2CCCN2)cc1O. The molecular weight excluding hydrogens is 272 g/mol. The summed E-state index contributed by atoms with van der Waals surface area (Å²) in [6, 6.07) is 4.85. The Kier molecular flexibility index (Phi) is 5.41. The minimum atomic E-state index is -0.198. The van der Waals surface area contributed by atoms with Crippen LogP contribution in [0.2, 0.25) is 0 Å². The van der Waals surface area contributed by atoms with Crippen LogP contribution in [-0.2, 0) is 0 Å². The molecule has 1 aliphatic heterocycles. The van der Waals surface area contributed by atoms with E-state index in [0.29, 0.717) is 17.9 Å². The van der Waals surface area contributed by atoms with Crippen LogP contribution in [0.4, 0.5) is 0 Å². The van der Waals surface area contributed by atoms with Gasteiger partial charge in [0.25, 0.3) is 5.91 Å². The zero-order valence-electron chi connectivity index (χ0n) is 12.2. The first kappa shape index (κ1) is 15.6. The average Bonchev–Trinajstić information content (AvgIpc) is 2.99. The molecular formula is C15H22N2O4. The zero-order valence-corrected chi connectivity index (χ0v) is 12.2. The summed E-state index contributed by atoms with van der Waals surface area (Å²) in [6.45, 7) is 1.73. The summed E-state index contributed by atoms with van der Waals surface area (Å²) in [6.07, 6.45) is 2.14. The third-order valence-electron chi connectivity index (χ3n) is 3.69. The molecule has 0 radical (unpaired) electrons. The number of phenolic OH excluding ortho intramolecular Hbond substituents is 1. The predicted molar refractivity (Wildman–Crippen MR) is 78.7 cm³/mol. The van der Waals surface area contributed by atoms with Crippen molar-refractivity contribution in [3.63, 3.8) is 0 Å². The van der Waals surface area contributed by atoms with Crippen LogP contribution in [0.15, 0.2) is 18.2 Å². The Morgan fingerprint density at radius 3 is 2.90 bits per heavy atom. The van der Waals surface area contributed by atoms with E-state index in [9.17, 15) is 9.90 Å². The molecule has 0 aromatic heterocycles. The van der Waals surface area contributed by atoms with E-state index in [1.807, 2.05) is 0 Å². The Balaban J connectivity index is 2.11. The van der Waals surface area contributed by atoms with Crippen molar-refractivity contribution in [2.45, 2.75) is 18.9 Å². The van der Waals surface area contributed by atoms with E-state index in [2.05, 4.69) is 5.32 Å². The highest BCUT2D eigenvalue weighted by molar-refractivity contribution is 5.95. The largest absolute Gasteiger partial charge is 0.504 e. The third-order valence-corrected chi connectivity index (χ3v) is 3.69. The molecule has 1 fully saturated rings. The molecule has 0 saturated carbocycles. The number of nitrogens with one attached hydrogen (secondary N) is 1. The summed E-state index contributed by atoms with van der Waals surface area (Å²) in [5.41, 5.74) is 0.389. The summed E-state index contributed by atoms with van der Waals surface area (Å²) in [5.74, 6) is 0.0692. The normalized spacial score (nSPS) is 17.7. The molecule has 2 rings (SSSR count). The summed E-state index contributed by atoms with van der Waals surface area (Å²) in [5, 5.41) is 22.3. The summed E-state index contributed by atoms with van der Waals surface area (Å²) >= 11 is 0. The van der Waals surface area contributed by atoms with Gasteiger partial charge in [0, 0.05) is 24.7 Å². The highest BCUT2D eigenvalue weighted by Gasteiger charge is 2.22. The number of nitrogens with zero attached hydrogens (tertiary/aromatic N) is 1. The number of aliphatic hydroxyl groups is 1. The molecule has 1 aliphatic rings. The van der Waals surface area contributed by atoms with E-state index in [1.165, 1.54) is 13.2 Å². The Morgan fingerprint density at radius 1 is 1.52 bits per heavy atom. The van der Waals surface area contributed by atoms with Crippen molar-refractivity contribution in [1.29, 1.82) is 0 Å². The molecule has 1 saturated heterocycles. The van der Waals surface area contributed by atoms with Gasteiger partial charge >= 0.3 is 0 Å². The lowest BCUT2D eigenvalue weighted by Crippen LogP contribution is -2.42. The molecule has 6 nitrogen and oxygen atoms in total. The van der Waals surface area contributed by atoms with Gasteiger partial charge in [0.2, 0.25) is 0 Å². The molecule has 116 valence electrons. The quantitative estimate of drug-likeness (QED) is 0.715.